The molecule has 0 aliphatic carbocycles. The van der Waals surface area contributed by atoms with Gasteiger partial charge in [0.05, 0.1) is 6.04 Å². The third kappa shape index (κ3) is 5.36. The second kappa shape index (κ2) is 6.60. The van der Waals surface area contributed by atoms with Crippen LogP contribution in [0, 0.1) is 5.92 Å². The summed E-state index contributed by atoms with van der Waals surface area (Å²) in [5, 5.41) is 2.64. The van der Waals surface area contributed by atoms with Crippen molar-refractivity contribution in [3.05, 3.63) is 0 Å². The lowest BCUT2D eigenvalue weighted by Gasteiger charge is -2.15. The Morgan fingerprint density at radius 1 is 1.54 bits per heavy atom. The highest BCUT2D eigenvalue weighted by Crippen LogP contribution is 1.99. The summed E-state index contributed by atoms with van der Waals surface area (Å²) in [6, 6.07) is -0.370. The molecule has 3 N–H and O–H groups in total. The van der Waals surface area contributed by atoms with Gasteiger partial charge < -0.3 is 15.8 Å². The van der Waals surface area contributed by atoms with Crippen molar-refractivity contribution in [2.75, 3.05) is 6.54 Å². The van der Waals surface area contributed by atoms with Gasteiger partial charge in [-0.2, -0.15) is 0 Å². The van der Waals surface area contributed by atoms with Gasteiger partial charge in [-0.25, -0.2) is 0 Å². The fraction of sp³-hybridized carbons (Fsp3) is 0.778. The first-order chi connectivity index (χ1) is 6.11. The Bertz CT molecular complexity index is 169. The molecule has 0 aromatic heterocycles. The Labute approximate surface area is 78.9 Å². The van der Waals surface area contributed by atoms with E-state index >= 15 is 0 Å². The Morgan fingerprint density at radius 2 is 2.15 bits per heavy atom. The normalized spacial score (nSPS) is 12.6. The van der Waals surface area contributed by atoms with Crippen LogP contribution in [0.5, 0.6) is 0 Å². The number of carbonyl (C=O) groups excluding carboxylic acids is 2. The van der Waals surface area contributed by atoms with E-state index in [0.717, 1.165) is 6.29 Å². The number of carbonyl (C=O) groups is 2. The SMILES string of the molecule is CC(C)[C@@H](C=O)NC(=O)CCCN. The Balaban J connectivity index is 3.80. The summed E-state index contributed by atoms with van der Waals surface area (Å²) in [6.07, 6.45) is 1.83. The standard InChI is InChI=1S/C9H18N2O2/c1-7(2)8(6-12)11-9(13)4-3-5-10/h6-8H,3-5,10H2,1-2H3,(H,11,13)/t8-/m1/s1. The van der Waals surface area contributed by atoms with Crippen molar-refractivity contribution >= 4 is 12.2 Å². The first-order valence-corrected chi connectivity index (χ1v) is 4.56. The second-order valence-electron chi connectivity index (χ2n) is 3.37. The van der Waals surface area contributed by atoms with Gasteiger partial charge in [0, 0.05) is 6.42 Å². The van der Waals surface area contributed by atoms with Crippen molar-refractivity contribution in [3.8, 4) is 0 Å². The molecule has 1 amide bonds. The van der Waals surface area contributed by atoms with Gasteiger partial charge in [0.2, 0.25) is 5.91 Å². The molecule has 0 aromatic carbocycles. The number of amides is 1. The second-order valence-corrected chi connectivity index (χ2v) is 3.37. The van der Waals surface area contributed by atoms with E-state index < -0.39 is 0 Å². The van der Waals surface area contributed by atoms with E-state index in [1.807, 2.05) is 13.8 Å². The van der Waals surface area contributed by atoms with Gasteiger partial charge in [-0.15, -0.1) is 0 Å². The molecule has 0 aliphatic heterocycles. The summed E-state index contributed by atoms with van der Waals surface area (Å²) < 4.78 is 0. The van der Waals surface area contributed by atoms with Gasteiger partial charge >= 0.3 is 0 Å². The highest BCUT2D eigenvalue weighted by molar-refractivity contribution is 5.79. The van der Waals surface area contributed by atoms with Crippen LogP contribution in [-0.2, 0) is 9.59 Å². The molecule has 0 rings (SSSR count). The lowest BCUT2D eigenvalue weighted by atomic mass is 10.1. The van der Waals surface area contributed by atoms with E-state index in [0.29, 0.717) is 19.4 Å². The molecule has 13 heavy (non-hydrogen) atoms. The van der Waals surface area contributed by atoms with Crippen LogP contribution in [0.4, 0.5) is 0 Å². The monoisotopic (exact) mass is 186 g/mol. The predicted molar refractivity (Wildman–Crippen MR) is 51.1 cm³/mol. The molecule has 0 saturated heterocycles. The molecule has 0 heterocycles. The maximum absolute atomic E-state index is 11.2. The molecule has 0 aliphatic rings. The van der Waals surface area contributed by atoms with E-state index in [1.165, 1.54) is 0 Å². The van der Waals surface area contributed by atoms with Crippen LogP contribution >= 0.6 is 0 Å². The molecule has 76 valence electrons. The van der Waals surface area contributed by atoms with Crippen molar-refractivity contribution in [1.82, 2.24) is 5.32 Å². The smallest absolute Gasteiger partial charge is 0.220 e. The van der Waals surface area contributed by atoms with E-state index in [-0.39, 0.29) is 17.9 Å². The number of rotatable bonds is 6. The highest BCUT2D eigenvalue weighted by Gasteiger charge is 2.13. The van der Waals surface area contributed by atoms with E-state index in [1.54, 1.807) is 0 Å². The fourth-order valence-electron chi connectivity index (χ4n) is 0.879. The van der Waals surface area contributed by atoms with Crippen LogP contribution in [0.2, 0.25) is 0 Å². The highest BCUT2D eigenvalue weighted by atomic mass is 16.2. The van der Waals surface area contributed by atoms with Crippen LogP contribution in [0.1, 0.15) is 26.7 Å². The average molecular weight is 186 g/mol. The van der Waals surface area contributed by atoms with Crippen LogP contribution in [0.3, 0.4) is 0 Å². The van der Waals surface area contributed by atoms with Crippen molar-refractivity contribution in [1.29, 1.82) is 0 Å². The van der Waals surface area contributed by atoms with Gasteiger partial charge in [-0.3, -0.25) is 4.79 Å². The largest absolute Gasteiger partial charge is 0.346 e. The molecule has 0 aromatic rings. The van der Waals surface area contributed by atoms with Gasteiger partial charge in [0.25, 0.3) is 0 Å². The molecule has 0 radical (unpaired) electrons. The minimum atomic E-state index is -0.370. The number of nitrogens with one attached hydrogen (secondary N) is 1. The van der Waals surface area contributed by atoms with E-state index in [4.69, 9.17) is 5.73 Å². The summed E-state index contributed by atoms with van der Waals surface area (Å²) in [4.78, 5) is 21.7. The zero-order valence-electron chi connectivity index (χ0n) is 8.25. The van der Waals surface area contributed by atoms with Crippen LogP contribution in [0.15, 0.2) is 0 Å². The molecule has 4 heteroatoms. The summed E-state index contributed by atoms with van der Waals surface area (Å²) in [6.45, 7) is 4.28. The first-order valence-electron chi connectivity index (χ1n) is 4.56. The van der Waals surface area contributed by atoms with Crippen molar-refractivity contribution in [2.24, 2.45) is 11.7 Å². The van der Waals surface area contributed by atoms with Gasteiger partial charge in [-0.05, 0) is 18.9 Å². The van der Waals surface area contributed by atoms with Crippen LogP contribution in [0.25, 0.3) is 0 Å². The zero-order chi connectivity index (χ0) is 10.3. The number of hydrogen-bond donors (Lipinski definition) is 2. The van der Waals surface area contributed by atoms with Gasteiger partial charge in [-0.1, -0.05) is 13.8 Å². The Hall–Kier alpha value is -0.900. The average Bonchev–Trinajstić information content (AvgIpc) is 2.10. The minimum Gasteiger partial charge on any atom is -0.346 e. The number of aldehydes is 1. The van der Waals surface area contributed by atoms with E-state index in [2.05, 4.69) is 5.32 Å². The van der Waals surface area contributed by atoms with Gasteiger partial charge in [0.1, 0.15) is 6.29 Å². The molecule has 0 fully saturated rings. The maximum atomic E-state index is 11.2. The molecule has 0 spiro atoms. The van der Waals surface area contributed by atoms with Crippen molar-refractivity contribution in [3.63, 3.8) is 0 Å². The van der Waals surface area contributed by atoms with Crippen LogP contribution < -0.4 is 11.1 Å². The number of hydrogen-bond acceptors (Lipinski definition) is 3. The molecule has 0 unspecified atom stereocenters. The Morgan fingerprint density at radius 3 is 2.54 bits per heavy atom. The summed E-state index contributed by atoms with van der Waals surface area (Å²) in [5.41, 5.74) is 5.25. The van der Waals surface area contributed by atoms with Crippen molar-refractivity contribution in [2.45, 2.75) is 32.7 Å². The van der Waals surface area contributed by atoms with E-state index in [9.17, 15) is 9.59 Å². The topological polar surface area (TPSA) is 72.2 Å². The molecular weight excluding hydrogens is 168 g/mol. The molecule has 1 atom stereocenters. The Kier molecular flexibility index (Phi) is 6.14. The molecule has 0 bridgehead atoms. The fourth-order valence-corrected chi connectivity index (χ4v) is 0.879. The van der Waals surface area contributed by atoms with Gasteiger partial charge in [0.15, 0.2) is 0 Å². The third-order valence-corrected chi connectivity index (χ3v) is 1.80. The third-order valence-electron chi connectivity index (χ3n) is 1.80. The minimum absolute atomic E-state index is 0.101. The lowest BCUT2D eigenvalue weighted by molar-refractivity contribution is -0.124. The summed E-state index contributed by atoms with van der Waals surface area (Å²) >= 11 is 0. The number of nitrogens with two attached hydrogens (primary N) is 1. The quantitative estimate of drug-likeness (QED) is 0.576. The first kappa shape index (κ1) is 12.1. The molecule has 4 nitrogen and oxygen atoms in total. The lowest BCUT2D eigenvalue weighted by Crippen LogP contribution is -2.39. The summed E-state index contributed by atoms with van der Waals surface area (Å²) in [7, 11) is 0. The summed E-state index contributed by atoms with van der Waals surface area (Å²) in [5.74, 6) is 0.0376. The van der Waals surface area contributed by atoms with Crippen LogP contribution in [-0.4, -0.2) is 24.8 Å². The molecular formula is C9H18N2O2. The predicted octanol–water partition coefficient (Wildman–Crippen LogP) is 0.0650. The maximum Gasteiger partial charge on any atom is 0.220 e. The molecule has 0 saturated carbocycles. The zero-order valence-corrected chi connectivity index (χ0v) is 8.25. The van der Waals surface area contributed by atoms with Crippen molar-refractivity contribution < 1.29 is 9.59 Å².